The van der Waals surface area contributed by atoms with Crippen LogP contribution in [0.5, 0.6) is 0 Å². The van der Waals surface area contributed by atoms with Gasteiger partial charge in [0.15, 0.2) is 11.6 Å². The summed E-state index contributed by atoms with van der Waals surface area (Å²) in [7, 11) is 0. The average Bonchev–Trinajstić information content (AvgIpc) is 3.12. The highest BCUT2D eigenvalue weighted by atomic mass is 35.5. The molecule has 2 saturated heterocycles. The summed E-state index contributed by atoms with van der Waals surface area (Å²) in [6, 6.07) is 11.9. The van der Waals surface area contributed by atoms with Gasteiger partial charge in [-0.3, -0.25) is 0 Å². The van der Waals surface area contributed by atoms with Gasteiger partial charge in [-0.2, -0.15) is 0 Å². The first-order chi connectivity index (χ1) is 11.6. The molecule has 5 heteroatoms. The Morgan fingerprint density at radius 1 is 1.29 bits per heavy atom. The highest BCUT2D eigenvalue weighted by Gasteiger charge is 2.56. The van der Waals surface area contributed by atoms with E-state index >= 15 is 0 Å². The Kier molecular flexibility index (Phi) is 3.97. The molecule has 2 bridgehead atoms. The van der Waals surface area contributed by atoms with Crippen molar-refractivity contribution in [3.05, 3.63) is 59.0 Å². The van der Waals surface area contributed by atoms with Gasteiger partial charge in [-0.25, -0.2) is 9.37 Å². The summed E-state index contributed by atoms with van der Waals surface area (Å²) in [5.41, 5.74) is 0.974. The highest BCUT2D eigenvalue weighted by molar-refractivity contribution is 6.30. The number of aromatic nitrogens is 1. The molecular formula is C19H20ClFN2O. The van der Waals surface area contributed by atoms with Gasteiger partial charge in [0.25, 0.3) is 0 Å². The second kappa shape index (κ2) is 6.01. The summed E-state index contributed by atoms with van der Waals surface area (Å²) in [5.74, 6) is -0.0110. The standard InChI is InChI=1S/C19H20ClFN2O/c20-14-8-16(21)18(22-11-14)23-15-6-7-17(23)19(10-15,12-24)9-13-4-2-1-3-5-13/h1-5,8,11,15,17,24H,6-7,9-10,12H2/t15-,17+,19-/m1/s1. The number of anilines is 1. The molecule has 3 atom stereocenters. The molecule has 3 heterocycles. The van der Waals surface area contributed by atoms with Gasteiger partial charge in [-0.1, -0.05) is 41.9 Å². The van der Waals surface area contributed by atoms with Crippen molar-refractivity contribution in [2.75, 3.05) is 11.5 Å². The number of rotatable bonds is 4. The normalized spacial score (nSPS) is 28.5. The molecule has 1 aromatic carbocycles. The van der Waals surface area contributed by atoms with Crippen molar-refractivity contribution in [1.29, 1.82) is 0 Å². The molecule has 4 rings (SSSR count). The molecule has 0 amide bonds. The van der Waals surface area contributed by atoms with Crippen molar-refractivity contribution in [2.24, 2.45) is 5.41 Å². The summed E-state index contributed by atoms with van der Waals surface area (Å²) >= 11 is 5.84. The first-order valence-electron chi connectivity index (χ1n) is 8.37. The second-order valence-electron chi connectivity index (χ2n) is 7.00. The molecule has 3 nitrogen and oxygen atoms in total. The van der Waals surface area contributed by atoms with Crippen LogP contribution in [0.4, 0.5) is 10.2 Å². The molecule has 0 saturated carbocycles. The average molecular weight is 347 g/mol. The quantitative estimate of drug-likeness (QED) is 0.913. The molecular weight excluding hydrogens is 327 g/mol. The maximum Gasteiger partial charge on any atom is 0.167 e. The van der Waals surface area contributed by atoms with E-state index in [2.05, 4.69) is 22.0 Å². The Bertz CT molecular complexity index is 741. The summed E-state index contributed by atoms with van der Waals surface area (Å²) in [6.07, 6.45) is 5.15. The SMILES string of the molecule is OC[C@@]1(Cc2ccccc2)C[C@H]2CC[C@@H]1N2c1ncc(Cl)cc1F. The maximum absolute atomic E-state index is 14.4. The predicted molar refractivity (Wildman–Crippen MR) is 92.8 cm³/mol. The zero-order valence-corrected chi connectivity index (χ0v) is 14.1. The van der Waals surface area contributed by atoms with Gasteiger partial charge in [-0.15, -0.1) is 0 Å². The van der Waals surface area contributed by atoms with Crippen molar-refractivity contribution in [3.8, 4) is 0 Å². The third kappa shape index (κ3) is 2.49. The topological polar surface area (TPSA) is 36.4 Å². The Hall–Kier alpha value is -1.65. The van der Waals surface area contributed by atoms with Crippen LogP contribution in [-0.2, 0) is 6.42 Å². The van der Waals surface area contributed by atoms with Crippen LogP contribution in [0.1, 0.15) is 24.8 Å². The lowest BCUT2D eigenvalue weighted by Crippen LogP contribution is -2.42. The minimum atomic E-state index is -0.382. The van der Waals surface area contributed by atoms with Crippen LogP contribution < -0.4 is 4.90 Å². The number of aliphatic hydroxyl groups is 1. The number of nitrogens with zero attached hydrogens (tertiary/aromatic N) is 2. The molecule has 24 heavy (non-hydrogen) atoms. The lowest BCUT2D eigenvalue weighted by atomic mass is 9.70. The van der Waals surface area contributed by atoms with Gasteiger partial charge < -0.3 is 10.0 Å². The van der Waals surface area contributed by atoms with Crippen molar-refractivity contribution in [1.82, 2.24) is 4.98 Å². The summed E-state index contributed by atoms with van der Waals surface area (Å²) in [4.78, 5) is 6.33. The lowest BCUT2D eigenvalue weighted by molar-refractivity contribution is 0.0984. The van der Waals surface area contributed by atoms with Crippen LogP contribution in [0.2, 0.25) is 5.02 Å². The Balaban J connectivity index is 1.68. The fourth-order valence-corrected chi connectivity index (χ4v) is 4.77. The zero-order chi connectivity index (χ0) is 16.7. The molecule has 2 aromatic rings. The number of pyridine rings is 1. The molecule has 0 unspecified atom stereocenters. The van der Waals surface area contributed by atoms with Crippen molar-refractivity contribution in [3.63, 3.8) is 0 Å². The third-order valence-electron chi connectivity index (χ3n) is 5.60. The van der Waals surface area contributed by atoms with Crippen molar-refractivity contribution >= 4 is 17.4 Å². The molecule has 1 aromatic heterocycles. The smallest absolute Gasteiger partial charge is 0.167 e. The van der Waals surface area contributed by atoms with E-state index in [1.165, 1.54) is 17.8 Å². The van der Waals surface area contributed by atoms with Gasteiger partial charge in [0.05, 0.1) is 11.6 Å². The lowest BCUT2D eigenvalue weighted by Gasteiger charge is -2.36. The molecule has 0 radical (unpaired) electrons. The van der Waals surface area contributed by atoms with E-state index in [1.54, 1.807) is 0 Å². The van der Waals surface area contributed by atoms with Crippen molar-refractivity contribution < 1.29 is 9.50 Å². The van der Waals surface area contributed by atoms with Crippen LogP contribution in [0.3, 0.4) is 0 Å². The molecule has 2 fully saturated rings. The van der Waals surface area contributed by atoms with E-state index in [0.717, 1.165) is 25.7 Å². The van der Waals surface area contributed by atoms with E-state index in [1.807, 2.05) is 18.2 Å². The number of fused-ring (bicyclic) bond motifs is 2. The minimum absolute atomic E-state index is 0.106. The number of hydrogen-bond acceptors (Lipinski definition) is 3. The monoisotopic (exact) mass is 346 g/mol. The molecule has 1 N–H and O–H groups in total. The van der Waals surface area contributed by atoms with E-state index in [9.17, 15) is 9.50 Å². The van der Waals surface area contributed by atoms with Crippen LogP contribution in [0.15, 0.2) is 42.6 Å². The minimum Gasteiger partial charge on any atom is -0.396 e. The van der Waals surface area contributed by atoms with Crippen LogP contribution in [0, 0.1) is 11.2 Å². The number of halogens is 2. The fourth-order valence-electron chi connectivity index (χ4n) is 4.63. The summed E-state index contributed by atoms with van der Waals surface area (Å²) < 4.78 is 14.4. The molecule has 2 aliphatic heterocycles. The summed E-state index contributed by atoms with van der Waals surface area (Å²) in [6.45, 7) is 0.106. The van der Waals surface area contributed by atoms with Gasteiger partial charge in [0.1, 0.15) is 0 Å². The molecule has 0 aliphatic carbocycles. The van der Waals surface area contributed by atoms with E-state index in [4.69, 9.17) is 11.6 Å². The van der Waals surface area contributed by atoms with Crippen LogP contribution in [-0.4, -0.2) is 28.8 Å². The number of benzene rings is 1. The Morgan fingerprint density at radius 2 is 2.08 bits per heavy atom. The zero-order valence-electron chi connectivity index (χ0n) is 13.3. The first kappa shape index (κ1) is 15.9. The Labute approximate surface area is 146 Å². The highest BCUT2D eigenvalue weighted by Crippen LogP contribution is 2.52. The van der Waals surface area contributed by atoms with Gasteiger partial charge in [0.2, 0.25) is 0 Å². The van der Waals surface area contributed by atoms with E-state index in [0.29, 0.717) is 10.8 Å². The van der Waals surface area contributed by atoms with E-state index in [-0.39, 0.29) is 29.9 Å². The van der Waals surface area contributed by atoms with E-state index < -0.39 is 0 Å². The third-order valence-corrected chi connectivity index (χ3v) is 5.81. The maximum atomic E-state index is 14.4. The van der Waals surface area contributed by atoms with Crippen LogP contribution in [0.25, 0.3) is 0 Å². The van der Waals surface area contributed by atoms with Gasteiger partial charge >= 0.3 is 0 Å². The molecule has 0 spiro atoms. The van der Waals surface area contributed by atoms with Gasteiger partial charge in [-0.05, 0) is 37.3 Å². The molecule has 2 aliphatic rings. The summed E-state index contributed by atoms with van der Waals surface area (Å²) in [5, 5.41) is 10.5. The van der Waals surface area contributed by atoms with Crippen LogP contribution >= 0.6 is 11.6 Å². The van der Waals surface area contributed by atoms with Crippen molar-refractivity contribution in [2.45, 2.75) is 37.8 Å². The molecule has 126 valence electrons. The second-order valence-corrected chi connectivity index (χ2v) is 7.44. The number of aliphatic hydroxyl groups excluding tert-OH is 1. The number of hydrogen-bond donors (Lipinski definition) is 1. The predicted octanol–water partition coefficient (Wildman–Crippen LogP) is 3.84. The largest absolute Gasteiger partial charge is 0.396 e. The van der Waals surface area contributed by atoms with Gasteiger partial charge in [0, 0.05) is 23.7 Å². The first-order valence-corrected chi connectivity index (χ1v) is 8.75. The fraction of sp³-hybridized carbons (Fsp3) is 0.421. The Morgan fingerprint density at radius 3 is 2.79 bits per heavy atom.